The van der Waals surface area contributed by atoms with Crippen LogP contribution in [0.15, 0.2) is 50.5 Å². The average molecular weight is 350 g/mol. The van der Waals surface area contributed by atoms with Gasteiger partial charge in [0.2, 0.25) is 0 Å². The predicted octanol–water partition coefficient (Wildman–Crippen LogP) is 1.94. The van der Waals surface area contributed by atoms with Gasteiger partial charge in [-0.05, 0) is 30.3 Å². The number of ether oxygens (including phenoxy) is 2. The topological polar surface area (TPSA) is 111 Å². The SMILES string of the molecule is COc1ccc(S(=O)(=O)Nc2ccc3oc(=O)[nH]c3c2)c(OC)c1. The predicted molar refractivity (Wildman–Crippen MR) is 87.2 cm³/mol. The third-order valence-electron chi connectivity index (χ3n) is 3.33. The Bertz CT molecular complexity index is 1050. The minimum Gasteiger partial charge on any atom is -0.497 e. The Hall–Kier alpha value is -2.94. The first-order chi connectivity index (χ1) is 11.4. The number of hydrogen-bond acceptors (Lipinski definition) is 6. The summed E-state index contributed by atoms with van der Waals surface area (Å²) in [7, 11) is -1.05. The number of rotatable bonds is 5. The molecular weight excluding hydrogens is 336 g/mol. The smallest absolute Gasteiger partial charge is 0.417 e. The van der Waals surface area contributed by atoms with Gasteiger partial charge in [0.25, 0.3) is 10.0 Å². The third-order valence-corrected chi connectivity index (χ3v) is 4.75. The fourth-order valence-electron chi connectivity index (χ4n) is 2.22. The third kappa shape index (κ3) is 2.93. The monoisotopic (exact) mass is 350 g/mol. The van der Waals surface area contributed by atoms with E-state index in [1.54, 1.807) is 0 Å². The van der Waals surface area contributed by atoms with Gasteiger partial charge in [-0.2, -0.15) is 0 Å². The van der Waals surface area contributed by atoms with Crippen LogP contribution in [0.3, 0.4) is 0 Å². The van der Waals surface area contributed by atoms with Gasteiger partial charge < -0.3 is 13.9 Å². The molecular formula is C15H14N2O6S. The maximum absolute atomic E-state index is 12.6. The van der Waals surface area contributed by atoms with Crippen molar-refractivity contribution >= 4 is 26.8 Å². The Morgan fingerprint density at radius 1 is 1.08 bits per heavy atom. The maximum Gasteiger partial charge on any atom is 0.417 e. The van der Waals surface area contributed by atoms with E-state index in [0.29, 0.717) is 16.8 Å². The molecule has 24 heavy (non-hydrogen) atoms. The lowest BCUT2D eigenvalue weighted by molar-refractivity contribution is 0.386. The Morgan fingerprint density at radius 2 is 1.88 bits per heavy atom. The number of aromatic nitrogens is 1. The van der Waals surface area contributed by atoms with Crippen LogP contribution >= 0.6 is 0 Å². The molecule has 0 saturated heterocycles. The molecule has 0 amide bonds. The van der Waals surface area contributed by atoms with Gasteiger partial charge in [-0.15, -0.1) is 0 Å². The van der Waals surface area contributed by atoms with Gasteiger partial charge in [-0.25, -0.2) is 13.2 Å². The van der Waals surface area contributed by atoms with E-state index in [1.807, 2.05) is 0 Å². The molecule has 2 aromatic carbocycles. The maximum atomic E-state index is 12.6. The first kappa shape index (κ1) is 15.9. The molecule has 0 fully saturated rings. The summed E-state index contributed by atoms with van der Waals surface area (Å²) in [6.45, 7) is 0. The number of benzene rings is 2. The van der Waals surface area contributed by atoms with Crippen molar-refractivity contribution in [3.05, 3.63) is 46.9 Å². The number of hydrogen-bond donors (Lipinski definition) is 2. The lowest BCUT2D eigenvalue weighted by Crippen LogP contribution is -2.14. The lowest BCUT2D eigenvalue weighted by Gasteiger charge is -2.12. The molecule has 0 aliphatic rings. The number of oxazole rings is 1. The van der Waals surface area contributed by atoms with E-state index in [1.165, 1.54) is 50.6 Å². The summed E-state index contributed by atoms with van der Waals surface area (Å²) in [5.41, 5.74) is 1.00. The van der Waals surface area contributed by atoms with Crippen LogP contribution in [0, 0.1) is 0 Å². The highest BCUT2D eigenvalue weighted by Crippen LogP contribution is 2.30. The van der Waals surface area contributed by atoms with Gasteiger partial charge in [0, 0.05) is 6.07 Å². The number of aromatic amines is 1. The quantitative estimate of drug-likeness (QED) is 0.727. The summed E-state index contributed by atoms with van der Waals surface area (Å²) in [6.07, 6.45) is 0. The summed E-state index contributed by atoms with van der Waals surface area (Å²) in [4.78, 5) is 13.6. The molecule has 126 valence electrons. The lowest BCUT2D eigenvalue weighted by atomic mass is 10.3. The summed E-state index contributed by atoms with van der Waals surface area (Å²) < 4.78 is 42.7. The van der Waals surface area contributed by atoms with Crippen molar-refractivity contribution < 1.29 is 22.3 Å². The molecule has 0 aliphatic heterocycles. The van der Waals surface area contributed by atoms with Crippen molar-refractivity contribution in [3.63, 3.8) is 0 Å². The van der Waals surface area contributed by atoms with Gasteiger partial charge in [0.1, 0.15) is 16.4 Å². The van der Waals surface area contributed by atoms with Crippen LogP contribution in [-0.4, -0.2) is 27.6 Å². The molecule has 9 heteroatoms. The van der Waals surface area contributed by atoms with Crippen molar-refractivity contribution in [1.82, 2.24) is 4.98 Å². The van der Waals surface area contributed by atoms with Gasteiger partial charge in [0.15, 0.2) is 5.58 Å². The minimum absolute atomic E-state index is 0.0356. The zero-order chi connectivity index (χ0) is 17.3. The number of methoxy groups -OCH3 is 2. The molecule has 1 heterocycles. The standard InChI is InChI=1S/C15H14N2O6S/c1-21-10-4-6-14(13(8-10)22-2)24(19,20)17-9-3-5-12-11(7-9)16-15(18)23-12/h3-8,17H,1-2H3,(H,16,18). The van der Waals surface area contributed by atoms with E-state index in [9.17, 15) is 13.2 Å². The van der Waals surface area contributed by atoms with E-state index in [0.717, 1.165) is 0 Å². The Balaban J connectivity index is 1.99. The van der Waals surface area contributed by atoms with E-state index >= 15 is 0 Å². The van der Waals surface area contributed by atoms with Crippen molar-refractivity contribution in [3.8, 4) is 11.5 Å². The summed E-state index contributed by atoms with van der Waals surface area (Å²) in [6, 6.07) is 8.84. The zero-order valence-corrected chi connectivity index (χ0v) is 13.6. The number of fused-ring (bicyclic) bond motifs is 1. The normalized spacial score (nSPS) is 11.4. The molecule has 0 unspecified atom stereocenters. The second kappa shape index (κ2) is 5.93. The Morgan fingerprint density at radius 3 is 2.58 bits per heavy atom. The molecule has 0 bridgehead atoms. The summed E-state index contributed by atoms with van der Waals surface area (Å²) in [5.74, 6) is 0.0182. The van der Waals surface area contributed by atoms with Crippen LogP contribution in [0.25, 0.3) is 11.1 Å². The van der Waals surface area contributed by atoms with E-state index in [4.69, 9.17) is 13.9 Å². The van der Waals surface area contributed by atoms with Crippen molar-refractivity contribution in [2.24, 2.45) is 0 Å². The molecule has 0 aliphatic carbocycles. The van der Waals surface area contributed by atoms with Crippen LogP contribution in [0.1, 0.15) is 0 Å². The van der Waals surface area contributed by atoms with E-state index in [2.05, 4.69) is 9.71 Å². The molecule has 8 nitrogen and oxygen atoms in total. The van der Waals surface area contributed by atoms with Gasteiger partial charge in [0.05, 0.1) is 25.4 Å². The number of anilines is 1. The highest BCUT2D eigenvalue weighted by Gasteiger charge is 2.20. The number of sulfonamides is 1. The molecule has 3 rings (SSSR count). The van der Waals surface area contributed by atoms with Crippen LogP contribution in [0.4, 0.5) is 5.69 Å². The van der Waals surface area contributed by atoms with Crippen LogP contribution in [-0.2, 0) is 10.0 Å². The molecule has 0 spiro atoms. The van der Waals surface area contributed by atoms with Crippen molar-refractivity contribution in [1.29, 1.82) is 0 Å². The second-order valence-electron chi connectivity index (χ2n) is 4.85. The molecule has 0 saturated carbocycles. The van der Waals surface area contributed by atoms with Crippen LogP contribution in [0.2, 0.25) is 0 Å². The van der Waals surface area contributed by atoms with Gasteiger partial charge >= 0.3 is 5.76 Å². The average Bonchev–Trinajstić information content (AvgIpc) is 2.93. The van der Waals surface area contributed by atoms with E-state index < -0.39 is 15.8 Å². The Kier molecular flexibility index (Phi) is 3.94. The first-order valence-corrected chi connectivity index (χ1v) is 8.29. The molecule has 2 N–H and O–H groups in total. The molecule has 0 atom stereocenters. The molecule has 1 aromatic heterocycles. The second-order valence-corrected chi connectivity index (χ2v) is 6.50. The highest BCUT2D eigenvalue weighted by molar-refractivity contribution is 7.92. The zero-order valence-electron chi connectivity index (χ0n) is 12.8. The van der Waals surface area contributed by atoms with Crippen LogP contribution in [0.5, 0.6) is 11.5 Å². The van der Waals surface area contributed by atoms with E-state index in [-0.39, 0.29) is 16.3 Å². The summed E-state index contributed by atoms with van der Waals surface area (Å²) in [5, 5.41) is 0. The van der Waals surface area contributed by atoms with Gasteiger partial charge in [-0.1, -0.05) is 0 Å². The van der Waals surface area contributed by atoms with Crippen molar-refractivity contribution in [2.75, 3.05) is 18.9 Å². The fourth-order valence-corrected chi connectivity index (χ4v) is 3.42. The summed E-state index contributed by atoms with van der Waals surface area (Å²) >= 11 is 0. The highest BCUT2D eigenvalue weighted by atomic mass is 32.2. The minimum atomic E-state index is -3.90. The largest absolute Gasteiger partial charge is 0.497 e. The first-order valence-electron chi connectivity index (χ1n) is 6.80. The molecule has 3 aromatic rings. The van der Waals surface area contributed by atoms with Gasteiger partial charge in [-0.3, -0.25) is 9.71 Å². The number of nitrogens with one attached hydrogen (secondary N) is 2. The number of H-pyrrole nitrogens is 1. The fraction of sp³-hybridized carbons (Fsp3) is 0.133. The Labute approximate surface area is 137 Å². The van der Waals surface area contributed by atoms with Crippen LogP contribution < -0.4 is 20.0 Å². The molecule has 0 radical (unpaired) electrons. The van der Waals surface area contributed by atoms with Crippen molar-refractivity contribution in [2.45, 2.75) is 4.90 Å².